The minimum atomic E-state index is 0.105. The van der Waals surface area contributed by atoms with Crippen LogP contribution in [0.1, 0.15) is 12.7 Å². The molecule has 20 heavy (non-hydrogen) atoms. The fourth-order valence-corrected chi connectivity index (χ4v) is 2.06. The van der Waals surface area contributed by atoms with Crippen molar-refractivity contribution in [3.63, 3.8) is 0 Å². The Morgan fingerprint density at radius 2 is 2.20 bits per heavy atom. The van der Waals surface area contributed by atoms with Crippen LogP contribution < -0.4 is 10.2 Å². The summed E-state index contributed by atoms with van der Waals surface area (Å²) in [6.07, 6.45) is 0. The maximum absolute atomic E-state index is 11.8. The van der Waals surface area contributed by atoms with Crippen LogP contribution >= 0.6 is 0 Å². The van der Waals surface area contributed by atoms with E-state index in [4.69, 9.17) is 4.74 Å². The van der Waals surface area contributed by atoms with Crippen molar-refractivity contribution >= 4 is 17.5 Å². The van der Waals surface area contributed by atoms with Gasteiger partial charge in [0.15, 0.2) is 5.82 Å². The first kappa shape index (κ1) is 14.5. The average molecular weight is 279 g/mol. The first-order valence-electron chi connectivity index (χ1n) is 6.73. The molecule has 1 aromatic rings. The SMILES string of the molecule is CCNc1cc(N2CCN(C)C(=O)C2)nc(COC)n1. The smallest absolute Gasteiger partial charge is 0.241 e. The number of nitrogens with one attached hydrogen (secondary N) is 1. The Kier molecular flexibility index (Phi) is 4.73. The number of carbonyl (C=O) groups is 1. The van der Waals surface area contributed by atoms with Crippen LogP contribution in [0, 0.1) is 0 Å². The number of methoxy groups -OCH3 is 1. The van der Waals surface area contributed by atoms with Gasteiger partial charge in [0.2, 0.25) is 5.91 Å². The van der Waals surface area contributed by atoms with Crippen molar-refractivity contribution in [3.8, 4) is 0 Å². The van der Waals surface area contributed by atoms with Crippen molar-refractivity contribution in [2.24, 2.45) is 0 Å². The molecule has 1 fully saturated rings. The fourth-order valence-electron chi connectivity index (χ4n) is 2.06. The molecule has 0 unspecified atom stereocenters. The molecule has 0 radical (unpaired) electrons. The van der Waals surface area contributed by atoms with Crippen LogP contribution in [0.25, 0.3) is 0 Å². The van der Waals surface area contributed by atoms with E-state index in [9.17, 15) is 4.79 Å². The number of likely N-dealkylation sites (N-methyl/N-ethyl adjacent to an activating group) is 1. The van der Waals surface area contributed by atoms with E-state index in [1.807, 2.05) is 24.9 Å². The van der Waals surface area contributed by atoms with Crippen molar-refractivity contribution in [1.29, 1.82) is 0 Å². The van der Waals surface area contributed by atoms with Crippen LogP contribution in [0.15, 0.2) is 6.07 Å². The van der Waals surface area contributed by atoms with Gasteiger partial charge < -0.3 is 19.9 Å². The van der Waals surface area contributed by atoms with Gasteiger partial charge >= 0.3 is 0 Å². The quantitative estimate of drug-likeness (QED) is 0.838. The molecular weight excluding hydrogens is 258 g/mol. The normalized spacial score (nSPS) is 15.7. The average Bonchev–Trinajstić information content (AvgIpc) is 2.42. The maximum atomic E-state index is 11.8. The second-order valence-electron chi connectivity index (χ2n) is 4.73. The molecular formula is C13H21N5O2. The highest BCUT2D eigenvalue weighted by molar-refractivity contribution is 5.82. The summed E-state index contributed by atoms with van der Waals surface area (Å²) in [7, 11) is 3.43. The van der Waals surface area contributed by atoms with Gasteiger partial charge in [-0.2, -0.15) is 0 Å². The van der Waals surface area contributed by atoms with Gasteiger partial charge in [0.25, 0.3) is 0 Å². The van der Waals surface area contributed by atoms with Crippen LogP contribution in [-0.2, 0) is 16.1 Å². The largest absolute Gasteiger partial charge is 0.377 e. The highest BCUT2D eigenvalue weighted by Crippen LogP contribution is 2.18. The van der Waals surface area contributed by atoms with Crippen LogP contribution in [0.5, 0.6) is 0 Å². The third-order valence-corrected chi connectivity index (χ3v) is 3.17. The zero-order chi connectivity index (χ0) is 14.5. The van der Waals surface area contributed by atoms with Gasteiger partial charge in [0, 0.05) is 39.9 Å². The number of rotatable bonds is 5. The molecule has 0 saturated carbocycles. The zero-order valence-corrected chi connectivity index (χ0v) is 12.2. The first-order valence-corrected chi connectivity index (χ1v) is 6.73. The van der Waals surface area contributed by atoms with Gasteiger partial charge in [0.1, 0.15) is 18.2 Å². The molecule has 0 aliphatic carbocycles. The number of anilines is 2. The molecule has 0 spiro atoms. The minimum Gasteiger partial charge on any atom is -0.377 e. The molecule has 0 aromatic carbocycles. The van der Waals surface area contributed by atoms with Crippen molar-refractivity contribution in [1.82, 2.24) is 14.9 Å². The summed E-state index contributed by atoms with van der Waals surface area (Å²) in [4.78, 5) is 24.4. The molecule has 1 amide bonds. The summed E-state index contributed by atoms with van der Waals surface area (Å²) in [6, 6.07) is 1.88. The lowest BCUT2D eigenvalue weighted by Crippen LogP contribution is -2.48. The van der Waals surface area contributed by atoms with Gasteiger partial charge in [-0.1, -0.05) is 0 Å². The number of piperazine rings is 1. The predicted molar refractivity (Wildman–Crippen MR) is 76.8 cm³/mol. The topological polar surface area (TPSA) is 70.6 Å². The number of nitrogens with zero attached hydrogens (tertiary/aromatic N) is 4. The van der Waals surface area contributed by atoms with Gasteiger partial charge in [-0.25, -0.2) is 9.97 Å². The molecule has 1 aliphatic rings. The summed E-state index contributed by atoms with van der Waals surface area (Å²) < 4.78 is 5.10. The van der Waals surface area contributed by atoms with E-state index in [0.29, 0.717) is 25.5 Å². The molecule has 1 aliphatic heterocycles. The zero-order valence-electron chi connectivity index (χ0n) is 12.2. The summed E-state index contributed by atoms with van der Waals surface area (Å²) in [5, 5.41) is 3.18. The molecule has 1 saturated heterocycles. The van der Waals surface area contributed by atoms with Crippen molar-refractivity contribution < 1.29 is 9.53 Å². The van der Waals surface area contributed by atoms with Crippen LogP contribution in [0.3, 0.4) is 0 Å². The Morgan fingerprint density at radius 3 is 2.85 bits per heavy atom. The molecule has 110 valence electrons. The van der Waals surface area contributed by atoms with Gasteiger partial charge in [0.05, 0.1) is 6.54 Å². The molecule has 0 atom stereocenters. The lowest BCUT2D eigenvalue weighted by Gasteiger charge is -2.32. The number of ether oxygens (including phenoxy) is 1. The number of carbonyl (C=O) groups excluding carboxylic acids is 1. The van der Waals surface area contributed by atoms with Gasteiger partial charge in [-0.05, 0) is 6.92 Å². The maximum Gasteiger partial charge on any atom is 0.241 e. The number of aromatic nitrogens is 2. The van der Waals surface area contributed by atoms with Crippen molar-refractivity contribution in [3.05, 3.63) is 11.9 Å². The molecule has 1 N–H and O–H groups in total. The number of amides is 1. The van der Waals surface area contributed by atoms with E-state index < -0.39 is 0 Å². The van der Waals surface area contributed by atoms with Gasteiger partial charge in [-0.3, -0.25) is 4.79 Å². The number of hydrogen-bond donors (Lipinski definition) is 1. The van der Waals surface area contributed by atoms with E-state index in [2.05, 4.69) is 15.3 Å². The monoisotopic (exact) mass is 279 g/mol. The van der Waals surface area contributed by atoms with Crippen LogP contribution in [0.2, 0.25) is 0 Å². The van der Waals surface area contributed by atoms with E-state index in [-0.39, 0.29) is 5.91 Å². The third kappa shape index (κ3) is 3.36. The van der Waals surface area contributed by atoms with Gasteiger partial charge in [-0.15, -0.1) is 0 Å². The highest BCUT2D eigenvalue weighted by Gasteiger charge is 2.22. The molecule has 0 bridgehead atoms. The Hall–Kier alpha value is -1.89. The molecule has 7 nitrogen and oxygen atoms in total. The first-order chi connectivity index (χ1) is 9.63. The predicted octanol–water partition coefficient (Wildman–Crippen LogP) is 0.333. The van der Waals surface area contributed by atoms with Crippen molar-refractivity contribution in [2.75, 3.05) is 50.6 Å². The second-order valence-corrected chi connectivity index (χ2v) is 4.73. The second kappa shape index (κ2) is 6.51. The van der Waals surface area contributed by atoms with E-state index in [0.717, 1.165) is 24.7 Å². The Bertz CT molecular complexity index is 456. The highest BCUT2D eigenvalue weighted by atomic mass is 16.5. The minimum absolute atomic E-state index is 0.105. The summed E-state index contributed by atoms with van der Waals surface area (Å²) in [6.45, 7) is 4.98. The lowest BCUT2D eigenvalue weighted by molar-refractivity contribution is -0.129. The van der Waals surface area contributed by atoms with E-state index in [1.165, 1.54) is 0 Å². The summed E-state index contributed by atoms with van der Waals surface area (Å²) in [5.41, 5.74) is 0. The van der Waals surface area contributed by atoms with Crippen LogP contribution in [0.4, 0.5) is 11.6 Å². The van der Waals surface area contributed by atoms with E-state index in [1.54, 1.807) is 12.0 Å². The van der Waals surface area contributed by atoms with E-state index >= 15 is 0 Å². The molecule has 2 heterocycles. The lowest BCUT2D eigenvalue weighted by atomic mass is 10.3. The summed E-state index contributed by atoms with van der Waals surface area (Å²) in [5.74, 6) is 2.25. The fraction of sp³-hybridized carbons (Fsp3) is 0.615. The molecule has 7 heteroatoms. The molecule has 2 rings (SSSR count). The third-order valence-electron chi connectivity index (χ3n) is 3.17. The Labute approximate surface area is 118 Å². The molecule has 1 aromatic heterocycles. The Morgan fingerprint density at radius 1 is 1.40 bits per heavy atom. The van der Waals surface area contributed by atoms with Crippen LogP contribution in [-0.4, -0.2) is 61.1 Å². The number of hydrogen-bond acceptors (Lipinski definition) is 6. The summed E-state index contributed by atoms with van der Waals surface area (Å²) >= 11 is 0. The van der Waals surface area contributed by atoms with Crippen molar-refractivity contribution in [2.45, 2.75) is 13.5 Å². The Balaban J connectivity index is 2.23. The standard InChI is InChI=1S/C13H21N5O2/c1-4-14-10-7-12(16-11(15-10)9-20-3)18-6-5-17(2)13(19)8-18/h7H,4-6,8-9H2,1-3H3,(H,14,15,16).